The van der Waals surface area contributed by atoms with E-state index in [2.05, 4.69) is 10.6 Å². The van der Waals surface area contributed by atoms with E-state index in [1.807, 2.05) is 32.0 Å². The van der Waals surface area contributed by atoms with Gasteiger partial charge in [-0.05, 0) is 43.5 Å². The summed E-state index contributed by atoms with van der Waals surface area (Å²) < 4.78 is 13.6. The Hall–Kier alpha value is -2.69. The fourth-order valence-corrected chi connectivity index (χ4v) is 2.84. The van der Waals surface area contributed by atoms with Crippen molar-refractivity contribution < 1.29 is 14.0 Å². The zero-order valence-corrected chi connectivity index (χ0v) is 14.3. The number of amides is 2. The number of carbonyl (C=O) groups excluding carboxylic acids is 2. The van der Waals surface area contributed by atoms with Crippen molar-refractivity contribution in [1.82, 2.24) is 5.32 Å². The molecule has 2 aromatic rings. The quantitative estimate of drug-likeness (QED) is 0.877. The molecule has 25 heavy (non-hydrogen) atoms. The third kappa shape index (κ3) is 3.87. The number of halogens is 1. The smallest absolute Gasteiger partial charge is 0.228 e. The van der Waals surface area contributed by atoms with Crippen LogP contribution in [0.1, 0.15) is 23.1 Å². The highest BCUT2D eigenvalue weighted by molar-refractivity contribution is 6.00. The zero-order valence-electron chi connectivity index (χ0n) is 14.3. The molecule has 0 aliphatic heterocycles. The SMILES string of the molecule is Cc1cccc(NC(=O)C2CC2C(=O)NCc2ccccc2F)c1C. The van der Waals surface area contributed by atoms with Gasteiger partial charge in [0.1, 0.15) is 5.82 Å². The van der Waals surface area contributed by atoms with E-state index in [0.29, 0.717) is 12.0 Å². The second kappa shape index (κ2) is 7.05. The Bertz CT molecular complexity index is 819. The van der Waals surface area contributed by atoms with Crippen LogP contribution in [0.3, 0.4) is 0 Å². The Morgan fingerprint density at radius 2 is 1.76 bits per heavy atom. The monoisotopic (exact) mass is 340 g/mol. The summed E-state index contributed by atoms with van der Waals surface area (Å²) in [5.74, 6) is -1.34. The normalized spacial score (nSPS) is 18.5. The van der Waals surface area contributed by atoms with Gasteiger partial charge in [0.2, 0.25) is 11.8 Å². The maximum Gasteiger partial charge on any atom is 0.228 e. The summed E-state index contributed by atoms with van der Waals surface area (Å²) in [6.07, 6.45) is 0.528. The summed E-state index contributed by atoms with van der Waals surface area (Å²) in [5.41, 5.74) is 3.35. The Morgan fingerprint density at radius 3 is 2.52 bits per heavy atom. The molecule has 1 aliphatic carbocycles. The van der Waals surface area contributed by atoms with Crippen LogP contribution >= 0.6 is 0 Å². The molecule has 0 radical (unpaired) electrons. The van der Waals surface area contributed by atoms with Gasteiger partial charge in [0.15, 0.2) is 0 Å². The number of hydrogen-bond acceptors (Lipinski definition) is 2. The second-order valence-electron chi connectivity index (χ2n) is 6.49. The number of rotatable bonds is 5. The first-order valence-electron chi connectivity index (χ1n) is 8.35. The Morgan fingerprint density at radius 1 is 1.04 bits per heavy atom. The van der Waals surface area contributed by atoms with E-state index in [-0.39, 0.29) is 36.0 Å². The van der Waals surface area contributed by atoms with Crippen LogP contribution in [-0.2, 0) is 16.1 Å². The van der Waals surface area contributed by atoms with Crippen molar-refractivity contribution in [1.29, 1.82) is 0 Å². The third-order valence-corrected chi connectivity index (χ3v) is 4.74. The van der Waals surface area contributed by atoms with Gasteiger partial charge in [-0.2, -0.15) is 0 Å². The van der Waals surface area contributed by atoms with Crippen molar-refractivity contribution >= 4 is 17.5 Å². The second-order valence-corrected chi connectivity index (χ2v) is 6.49. The molecule has 2 unspecified atom stereocenters. The minimum absolute atomic E-state index is 0.132. The van der Waals surface area contributed by atoms with Crippen molar-refractivity contribution in [2.45, 2.75) is 26.8 Å². The molecule has 1 fully saturated rings. The van der Waals surface area contributed by atoms with Crippen LogP contribution in [0.15, 0.2) is 42.5 Å². The van der Waals surface area contributed by atoms with E-state index >= 15 is 0 Å². The van der Waals surface area contributed by atoms with Crippen LogP contribution in [-0.4, -0.2) is 11.8 Å². The summed E-state index contributed by atoms with van der Waals surface area (Å²) in [6.45, 7) is 4.07. The van der Waals surface area contributed by atoms with Crippen LogP contribution in [0.25, 0.3) is 0 Å². The molecule has 2 amide bonds. The van der Waals surface area contributed by atoms with Gasteiger partial charge in [-0.15, -0.1) is 0 Å². The minimum atomic E-state index is -0.345. The average molecular weight is 340 g/mol. The van der Waals surface area contributed by atoms with Gasteiger partial charge in [0.25, 0.3) is 0 Å². The molecule has 0 bridgehead atoms. The maximum atomic E-state index is 13.6. The molecule has 0 saturated heterocycles. The average Bonchev–Trinajstić information content (AvgIpc) is 3.39. The van der Waals surface area contributed by atoms with Crippen LogP contribution in [0.5, 0.6) is 0 Å². The maximum absolute atomic E-state index is 13.6. The molecule has 5 heteroatoms. The molecule has 3 rings (SSSR count). The van der Waals surface area contributed by atoms with Crippen LogP contribution < -0.4 is 10.6 Å². The molecule has 0 aromatic heterocycles. The first-order valence-corrected chi connectivity index (χ1v) is 8.35. The Labute approximate surface area is 146 Å². The van der Waals surface area contributed by atoms with E-state index in [1.165, 1.54) is 6.07 Å². The van der Waals surface area contributed by atoms with Crippen LogP contribution in [0, 0.1) is 31.5 Å². The lowest BCUT2D eigenvalue weighted by Gasteiger charge is -2.10. The first-order chi connectivity index (χ1) is 12.0. The van der Waals surface area contributed by atoms with Gasteiger partial charge in [-0.25, -0.2) is 4.39 Å². The van der Waals surface area contributed by atoms with Crippen molar-refractivity contribution in [2.75, 3.05) is 5.32 Å². The lowest BCUT2D eigenvalue weighted by Crippen LogP contribution is -2.27. The van der Waals surface area contributed by atoms with Gasteiger partial charge in [0, 0.05) is 17.8 Å². The van der Waals surface area contributed by atoms with Gasteiger partial charge >= 0.3 is 0 Å². The molecular formula is C20H21FN2O2. The van der Waals surface area contributed by atoms with Gasteiger partial charge in [0.05, 0.1) is 11.8 Å². The van der Waals surface area contributed by atoms with E-state index in [0.717, 1.165) is 16.8 Å². The van der Waals surface area contributed by atoms with E-state index < -0.39 is 0 Å². The number of benzene rings is 2. The summed E-state index contributed by atoms with van der Waals surface area (Å²) in [6, 6.07) is 12.1. The van der Waals surface area contributed by atoms with Gasteiger partial charge in [-0.3, -0.25) is 9.59 Å². The molecule has 0 spiro atoms. The summed E-state index contributed by atoms with van der Waals surface area (Å²) in [7, 11) is 0. The molecule has 130 valence electrons. The fraction of sp³-hybridized carbons (Fsp3) is 0.300. The van der Waals surface area contributed by atoms with E-state index in [1.54, 1.807) is 18.2 Å². The predicted octanol–water partition coefficient (Wildman–Crippen LogP) is 3.33. The standard InChI is InChI=1S/C20H21FN2O2/c1-12-6-5-9-18(13(12)2)23-20(25)16-10-15(16)19(24)22-11-14-7-3-4-8-17(14)21/h3-9,15-16H,10-11H2,1-2H3,(H,22,24)(H,23,25). The lowest BCUT2D eigenvalue weighted by molar-refractivity contribution is -0.125. The van der Waals surface area contributed by atoms with Gasteiger partial charge < -0.3 is 10.6 Å². The number of carbonyl (C=O) groups is 2. The summed E-state index contributed by atoms with van der Waals surface area (Å²) in [5, 5.41) is 5.61. The van der Waals surface area contributed by atoms with E-state index in [4.69, 9.17) is 0 Å². The van der Waals surface area contributed by atoms with Crippen molar-refractivity contribution in [3.63, 3.8) is 0 Å². The molecule has 4 nitrogen and oxygen atoms in total. The lowest BCUT2D eigenvalue weighted by atomic mass is 10.1. The molecule has 0 heterocycles. The topological polar surface area (TPSA) is 58.2 Å². The van der Waals surface area contributed by atoms with E-state index in [9.17, 15) is 14.0 Å². The predicted molar refractivity (Wildman–Crippen MR) is 94.4 cm³/mol. The molecule has 1 saturated carbocycles. The minimum Gasteiger partial charge on any atom is -0.352 e. The van der Waals surface area contributed by atoms with Crippen molar-refractivity contribution in [3.8, 4) is 0 Å². The molecule has 2 atom stereocenters. The number of hydrogen-bond donors (Lipinski definition) is 2. The van der Waals surface area contributed by atoms with Gasteiger partial charge in [-0.1, -0.05) is 30.3 Å². The fourth-order valence-electron chi connectivity index (χ4n) is 2.84. The Balaban J connectivity index is 1.53. The molecule has 1 aliphatic rings. The number of aryl methyl sites for hydroxylation is 1. The largest absolute Gasteiger partial charge is 0.352 e. The molecular weight excluding hydrogens is 319 g/mol. The Kier molecular flexibility index (Phi) is 4.83. The highest BCUT2D eigenvalue weighted by Gasteiger charge is 2.48. The highest BCUT2D eigenvalue weighted by Crippen LogP contribution is 2.39. The van der Waals surface area contributed by atoms with Crippen molar-refractivity contribution in [3.05, 3.63) is 65.0 Å². The highest BCUT2D eigenvalue weighted by atomic mass is 19.1. The van der Waals surface area contributed by atoms with Crippen molar-refractivity contribution in [2.24, 2.45) is 11.8 Å². The number of anilines is 1. The summed E-state index contributed by atoms with van der Waals surface area (Å²) in [4.78, 5) is 24.5. The molecule has 2 aromatic carbocycles. The zero-order chi connectivity index (χ0) is 18.0. The number of nitrogens with one attached hydrogen (secondary N) is 2. The third-order valence-electron chi connectivity index (χ3n) is 4.74. The van der Waals surface area contributed by atoms with Crippen LogP contribution in [0.2, 0.25) is 0 Å². The van der Waals surface area contributed by atoms with Crippen LogP contribution in [0.4, 0.5) is 10.1 Å². The summed E-state index contributed by atoms with van der Waals surface area (Å²) >= 11 is 0. The molecule has 2 N–H and O–H groups in total. The first kappa shape index (κ1) is 17.1.